The molecule has 1 N–H and O–H groups in total. The third-order valence-electron chi connectivity index (χ3n) is 3.91. The number of sulfonamides is 1. The maximum Gasteiger partial charge on any atom is 0.255 e. The number of carbonyl (C=O) groups excluding carboxylic acids is 1. The molecule has 2 rings (SSSR count). The molecular formula is C19H23N3O3S. The maximum atomic E-state index is 12.5. The van der Waals surface area contributed by atoms with Crippen molar-refractivity contribution in [1.29, 1.82) is 0 Å². The van der Waals surface area contributed by atoms with Gasteiger partial charge in [-0.05, 0) is 44.0 Å². The van der Waals surface area contributed by atoms with E-state index in [1.165, 1.54) is 19.2 Å². The lowest BCUT2D eigenvalue weighted by atomic mass is 10.1. The summed E-state index contributed by atoms with van der Waals surface area (Å²) in [6.45, 7) is 5.51. The third kappa shape index (κ3) is 5.00. The number of amides is 1. The molecule has 0 radical (unpaired) electrons. The topological polar surface area (TPSA) is 78.8 Å². The predicted molar refractivity (Wildman–Crippen MR) is 103 cm³/mol. The monoisotopic (exact) mass is 373 g/mol. The lowest BCUT2D eigenvalue weighted by molar-refractivity contribution is -0.121. The van der Waals surface area contributed by atoms with Crippen molar-refractivity contribution in [3.05, 3.63) is 64.7 Å². The molecule has 0 aliphatic rings. The van der Waals surface area contributed by atoms with Gasteiger partial charge in [-0.25, -0.2) is 13.8 Å². The molecule has 0 unspecified atom stereocenters. The third-order valence-corrected chi connectivity index (χ3v) is 5.73. The first-order chi connectivity index (χ1) is 12.2. The van der Waals surface area contributed by atoms with Crippen molar-refractivity contribution in [2.75, 3.05) is 13.6 Å². The molecule has 2 aromatic rings. The Balaban J connectivity index is 1.98. The van der Waals surface area contributed by atoms with Crippen LogP contribution in [-0.2, 0) is 14.8 Å². The molecule has 0 aromatic heterocycles. The Morgan fingerprint density at radius 1 is 1.08 bits per heavy atom. The molecule has 2 aromatic carbocycles. The van der Waals surface area contributed by atoms with E-state index < -0.39 is 15.9 Å². The minimum absolute atomic E-state index is 0.150. The molecule has 0 aliphatic carbocycles. The average molecular weight is 373 g/mol. The van der Waals surface area contributed by atoms with Crippen LogP contribution >= 0.6 is 0 Å². The van der Waals surface area contributed by atoms with Crippen LogP contribution in [0.2, 0.25) is 0 Å². The summed E-state index contributed by atoms with van der Waals surface area (Å²) in [6, 6.07) is 12.4. The minimum Gasteiger partial charge on any atom is -0.272 e. The van der Waals surface area contributed by atoms with Crippen LogP contribution in [0.3, 0.4) is 0 Å². The zero-order chi connectivity index (χ0) is 19.3. The standard InChI is InChI=1S/C19H23N3O3S/c1-14-6-9-18(10-7-14)26(24,25)22(4)13-19(23)21-20-12-17-8-5-15(2)11-16(17)3/h5-12H,13H2,1-4H3,(H,21,23)/b20-12+. The van der Waals surface area contributed by atoms with Crippen LogP contribution in [0, 0.1) is 20.8 Å². The van der Waals surface area contributed by atoms with E-state index in [4.69, 9.17) is 0 Å². The van der Waals surface area contributed by atoms with Gasteiger partial charge in [-0.15, -0.1) is 0 Å². The number of hydrogen-bond donors (Lipinski definition) is 1. The first kappa shape index (κ1) is 19.8. The Bertz CT molecular complexity index is 920. The van der Waals surface area contributed by atoms with E-state index in [0.717, 1.165) is 26.6 Å². The summed E-state index contributed by atoms with van der Waals surface area (Å²) in [5.74, 6) is -0.510. The zero-order valence-corrected chi connectivity index (χ0v) is 16.2. The lowest BCUT2D eigenvalue weighted by Crippen LogP contribution is -2.36. The number of aryl methyl sites for hydroxylation is 3. The van der Waals surface area contributed by atoms with E-state index in [-0.39, 0.29) is 11.4 Å². The van der Waals surface area contributed by atoms with Gasteiger partial charge in [0.05, 0.1) is 17.7 Å². The van der Waals surface area contributed by atoms with Gasteiger partial charge in [0.2, 0.25) is 10.0 Å². The minimum atomic E-state index is -3.72. The molecule has 0 saturated heterocycles. The average Bonchev–Trinajstić information content (AvgIpc) is 2.57. The van der Waals surface area contributed by atoms with Crippen molar-refractivity contribution in [3.63, 3.8) is 0 Å². The Morgan fingerprint density at radius 3 is 2.31 bits per heavy atom. The van der Waals surface area contributed by atoms with Crippen LogP contribution in [0.4, 0.5) is 0 Å². The van der Waals surface area contributed by atoms with Crippen molar-refractivity contribution < 1.29 is 13.2 Å². The van der Waals surface area contributed by atoms with E-state index >= 15 is 0 Å². The number of nitrogens with one attached hydrogen (secondary N) is 1. The Labute approximate surface area is 154 Å². The highest BCUT2D eigenvalue weighted by atomic mass is 32.2. The Morgan fingerprint density at radius 2 is 1.69 bits per heavy atom. The van der Waals surface area contributed by atoms with Crippen LogP contribution in [0.15, 0.2) is 52.5 Å². The maximum absolute atomic E-state index is 12.5. The molecule has 0 aliphatic heterocycles. The second-order valence-electron chi connectivity index (χ2n) is 6.23. The Hall–Kier alpha value is -2.51. The van der Waals surface area contributed by atoms with E-state index in [2.05, 4.69) is 10.5 Å². The first-order valence-electron chi connectivity index (χ1n) is 8.12. The first-order valence-corrected chi connectivity index (χ1v) is 9.56. The van der Waals surface area contributed by atoms with Gasteiger partial charge in [0.1, 0.15) is 0 Å². The molecule has 0 saturated carbocycles. The lowest BCUT2D eigenvalue weighted by Gasteiger charge is -2.16. The quantitative estimate of drug-likeness (QED) is 0.624. The number of hydrazone groups is 1. The van der Waals surface area contributed by atoms with Crippen molar-refractivity contribution >= 4 is 22.1 Å². The summed E-state index contributed by atoms with van der Waals surface area (Å²) in [4.78, 5) is 12.1. The van der Waals surface area contributed by atoms with E-state index in [0.29, 0.717) is 0 Å². The predicted octanol–water partition coefficient (Wildman–Crippen LogP) is 2.38. The van der Waals surface area contributed by atoms with Crippen LogP contribution in [-0.4, -0.2) is 38.4 Å². The highest BCUT2D eigenvalue weighted by Crippen LogP contribution is 2.14. The van der Waals surface area contributed by atoms with Crippen molar-refractivity contribution in [2.45, 2.75) is 25.7 Å². The molecule has 0 bridgehead atoms. The van der Waals surface area contributed by atoms with Crippen molar-refractivity contribution in [3.8, 4) is 0 Å². The van der Waals surface area contributed by atoms with E-state index in [1.54, 1.807) is 18.3 Å². The summed E-state index contributed by atoms with van der Waals surface area (Å²) >= 11 is 0. The number of rotatable bonds is 6. The van der Waals surface area contributed by atoms with Crippen LogP contribution in [0.5, 0.6) is 0 Å². The Kier molecular flexibility index (Phi) is 6.28. The van der Waals surface area contributed by atoms with Crippen LogP contribution in [0.1, 0.15) is 22.3 Å². The van der Waals surface area contributed by atoms with Gasteiger partial charge in [-0.2, -0.15) is 9.41 Å². The van der Waals surface area contributed by atoms with Gasteiger partial charge < -0.3 is 0 Å². The highest BCUT2D eigenvalue weighted by molar-refractivity contribution is 7.89. The molecule has 6 nitrogen and oxygen atoms in total. The number of carbonyl (C=O) groups is 1. The van der Waals surface area contributed by atoms with Gasteiger partial charge in [-0.3, -0.25) is 4.79 Å². The summed E-state index contributed by atoms with van der Waals surface area (Å²) in [5, 5.41) is 3.91. The van der Waals surface area contributed by atoms with Gasteiger partial charge in [-0.1, -0.05) is 41.5 Å². The van der Waals surface area contributed by atoms with Gasteiger partial charge in [0.25, 0.3) is 5.91 Å². The van der Waals surface area contributed by atoms with Crippen molar-refractivity contribution in [2.24, 2.45) is 5.10 Å². The van der Waals surface area contributed by atoms with E-state index in [1.807, 2.05) is 39.0 Å². The molecular weight excluding hydrogens is 350 g/mol. The summed E-state index contributed by atoms with van der Waals surface area (Å²) in [7, 11) is -2.36. The fraction of sp³-hybridized carbons (Fsp3) is 0.263. The fourth-order valence-corrected chi connectivity index (χ4v) is 3.48. The van der Waals surface area contributed by atoms with Crippen LogP contribution < -0.4 is 5.43 Å². The van der Waals surface area contributed by atoms with Crippen LogP contribution in [0.25, 0.3) is 0 Å². The fourth-order valence-electron chi connectivity index (χ4n) is 2.36. The smallest absolute Gasteiger partial charge is 0.255 e. The second-order valence-corrected chi connectivity index (χ2v) is 8.27. The molecule has 7 heteroatoms. The van der Waals surface area contributed by atoms with Gasteiger partial charge in [0.15, 0.2) is 0 Å². The molecule has 0 spiro atoms. The van der Waals surface area contributed by atoms with Gasteiger partial charge in [0, 0.05) is 7.05 Å². The molecule has 138 valence electrons. The van der Waals surface area contributed by atoms with E-state index in [9.17, 15) is 13.2 Å². The molecule has 1 amide bonds. The molecule has 0 fully saturated rings. The summed E-state index contributed by atoms with van der Waals surface area (Å²) in [6.07, 6.45) is 1.54. The number of likely N-dealkylation sites (N-methyl/N-ethyl adjacent to an activating group) is 1. The largest absolute Gasteiger partial charge is 0.272 e. The highest BCUT2D eigenvalue weighted by Gasteiger charge is 2.22. The number of nitrogens with zero attached hydrogens (tertiary/aromatic N) is 2. The number of hydrogen-bond acceptors (Lipinski definition) is 4. The van der Waals surface area contributed by atoms with Crippen molar-refractivity contribution in [1.82, 2.24) is 9.73 Å². The summed E-state index contributed by atoms with van der Waals surface area (Å²) < 4.78 is 25.9. The van der Waals surface area contributed by atoms with Gasteiger partial charge >= 0.3 is 0 Å². The second kappa shape index (κ2) is 8.25. The molecule has 0 atom stereocenters. The zero-order valence-electron chi connectivity index (χ0n) is 15.4. The number of benzene rings is 2. The normalized spacial score (nSPS) is 11.9. The molecule has 0 heterocycles. The summed E-state index contributed by atoms with van der Waals surface area (Å²) in [5.41, 5.74) is 6.40. The molecule has 26 heavy (non-hydrogen) atoms. The SMILES string of the molecule is Cc1ccc(S(=O)(=O)N(C)CC(=O)N/N=C/c2ccc(C)cc2C)cc1.